The Labute approximate surface area is 137 Å². The number of ether oxygens (including phenoxy) is 1. The Morgan fingerprint density at radius 3 is 3.00 bits per heavy atom. The predicted octanol–water partition coefficient (Wildman–Crippen LogP) is 1.79. The Balaban J connectivity index is 1.50. The number of pyridine rings is 1. The largest absolute Gasteiger partial charge is 0.480 e. The van der Waals surface area contributed by atoms with Gasteiger partial charge in [-0.25, -0.2) is 0 Å². The molecular weight excluding hydrogens is 318 g/mol. The van der Waals surface area contributed by atoms with E-state index in [1.807, 2.05) is 0 Å². The minimum absolute atomic E-state index is 0.134. The summed E-state index contributed by atoms with van der Waals surface area (Å²) in [7, 11) is 0. The molecule has 1 aromatic heterocycles. The van der Waals surface area contributed by atoms with E-state index in [1.165, 1.54) is 6.20 Å². The normalized spacial score (nSPS) is 15.4. The molecule has 118 valence electrons. The number of halogens is 1. The van der Waals surface area contributed by atoms with E-state index in [4.69, 9.17) is 16.3 Å². The van der Waals surface area contributed by atoms with Gasteiger partial charge in [-0.1, -0.05) is 11.6 Å². The van der Waals surface area contributed by atoms with Crippen molar-refractivity contribution in [2.45, 2.75) is 12.5 Å². The molecule has 0 fully saturated rings. The molecular formula is C16H14ClN3O3. The highest BCUT2D eigenvalue weighted by molar-refractivity contribution is 6.30. The van der Waals surface area contributed by atoms with E-state index in [-0.39, 0.29) is 18.4 Å². The second-order valence-corrected chi connectivity index (χ2v) is 5.51. The molecule has 3 rings (SSSR count). The fraction of sp³-hybridized carbons (Fsp3) is 0.188. The average molecular weight is 332 g/mol. The van der Waals surface area contributed by atoms with E-state index >= 15 is 0 Å². The summed E-state index contributed by atoms with van der Waals surface area (Å²) in [5.74, 6) is -0.0158. The van der Waals surface area contributed by atoms with Gasteiger partial charge in [0.15, 0.2) is 6.10 Å². The minimum Gasteiger partial charge on any atom is -0.480 e. The number of anilines is 1. The Kier molecular flexibility index (Phi) is 4.43. The van der Waals surface area contributed by atoms with E-state index < -0.39 is 6.10 Å². The van der Waals surface area contributed by atoms with Crippen molar-refractivity contribution < 1.29 is 14.3 Å². The summed E-state index contributed by atoms with van der Waals surface area (Å²) in [4.78, 5) is 27.8. The van der Waals surface area contributed by atoms with Crippen LogP contribution in [-0.4, -0.2) is 29.4 Å². The highest BCUT2D eigenvalue weighted by Gasteiger charge is 2.29. The number of nitrogens with zero attached hydrogens (tertiary/aromatic N) is 1. The first-order chi connectivity index (χ1) is 11.1. The Morgan fingerprint density at radius 1 is 1.35 bits per heavy atom. The van der Waals surface area contributed by atoms with Gasteiger partial charge in [-0.15, -0.1) is 0 Å². The number of hydrogen-bond acceptors (Lipinski definition) is 4. The second-order valence-electron chi connectivity index (χ2n) is 5.07. The van der Waals surface area contributed by atoms with Crippen molar-refractivity contribution in [2.75, 3.05) is 11.9 Å². The van der Waals surface area contributed by atoms with Gasteiger partial charge < -0.3 is 15.4 Å². The zero-order valence-corrected chi connectivity index (χ0v) is 12.8. The van der Waals surface area contributed by atoms with Crippen molar-refractivity contribution in [1.82, 2.24) is 10.3 Å². The molecule has 0 bridgehead atoms. The number of carbonyl (C=O) groups is 2. The summed E-state index contributed by atoms with van der Waals surface area (Å²) in [6.45, 7) is -0.134. The van der Waals surface area contributed by atoms with Crippen LogP contribution in [0.5, 0.6) is 5.75 Å². The van der Waals surface area contributed by atoms with Gasteiger partial charge in [-0.3, -0.25) is 14.6 Å². The third-order valence-corrected chi connectivity index (χ3v) is 3.59. The summed E-state index contributed by atoms with van der Waals surface area (Å²) in [5.41, 5.74) is 1.46. The van der Waals surface area contributed by atoms with Gasteiger partial charge in [0.2, 0.25) is 5.91 Å². The van der Waals surface area contributed by atoms with Gasteiger partial charge in [0.05, 0.1) is 18.4 Å². The summed E-state index contributed by atoms with van der Waals surface area (Å²) < 4.78 is 5.56. The highest BCUT2D eigenvalue weighted by atomic mass is 35.5. The number of nitrogens with one attached hydrogen (secondary N) is 2. The van der Waals surface area contributed by atoms with Crippen LogP contribution < -0.4 is 15.4 Å². The van der Waals surface area contributed by atoms with Gasteiger partial charge in [-0.2, -0.15) is 0 Å². The van der Waals surface area contributed by atoms with Crippen LogP contribution in [0, 0.1) is 0 Å². The van der Waals surface area contributed by atoms with Crippen LogP contribution in [-0.2, 0) is 16.0 Å². The fourth-order valence-corrected chi connectivity index (χ4v) is 2.48. The third kappa shape index (κ3) is 3.78. The van der Waals surface area contributed by atoms with Crippen LogP contribution in [0.15, 0.2) is 42.7 Å². The first kappa shape index (κ1) is 15.3. The van der Waals surface area contributed by atoms with Gasteiger partial charge in [-0.05, 0) is 35.9 Å². The van der Waals surface area contributed by atoms with Crippen molar-refractivity contribution >= 4 is 29.1 Å². The van der Waals surface area contributed by atoms with E-state index in [9.17, 15) is 9.59 Å². The summed E-state index contributed by atoms with van der Waals surface area (Å²) in [5, 5.41) is 5.80. The number of aromatic nitrogens is 1. The number of carbonyl (C=O) groups excluding carboxylic acids is 2. The molecule has 6 nitrogen and oxygen atoms in total. The van der Waals surface area contributed by atoms with Crippen molar-refractivity contribution in [3.8, 4) is 5.75 Å². The SMILES string of the molecule is O=C(CNC(=O)C1Cc2cc(Cl)ccc2O1)Nc1cccnc1. The second kappa shape index (κ2) is 6.66. The Hall–Kier alpha value is -2.60. The van der Waals surface area contributed by atoms with Crippen molar-refractivity contribution in [3.63, 3.8) is 0 Å². The number of fused-ring (bicyclic) bond motifs is 1. The molecule has 2 N–H and O–H groups in total. The number of benzene rings is 1. The van der Waals surface area contributed by atoms with Crippen LogP contribution in [0.25, 0.3) is 0 Å². The predicted molar refractivity (Wildman–Crippen MR) is 85.4 cm³/mol. The van der Waals surface area contributed by atoms with Crippen LogP contribution >= 0.6 is 11.6 Å². The molecule has 0 aliphatic carbocycles. The van der Waals surface area contributed by atoms with E-state index in [1.54, 1.807) is 36.5 Å². The molecule has 1 aliphatic rings. The van der Waals surface area contributed by atoms with Crippen molar-refractivity contribution in [1.29, 1.82) is 0 Å². The molecule has 2 amide bonds. The van der Waals surface area contributed by atoms with Gasteiger partial charge in [0.25, 0.3) is 5.91 Å². The molecule has 7 heteroatoms. The molecule has 0 radical (unpaired) electrons. The lowest BCUT2D eigenvalue weighted by atomic mass is 10.1. The van der Waals surface area contributed by atoms with Crippen LogP contribution in [0.4, 0.5) is 5.69 Å². The molecule has 0 spiro atoms. The van der Waals surface area contributed by atoms with E-state index in [0.29, 0.717) is 22.9 Å². The summed E-state index contributed by atoms with van der Waals surface area (Å²) in [6, 6.07) is 8.65. The number of rotatable bonds is 4. The molecule has 0 saturated carbocycles. The number of hydrogen-bond donors (Lipinski definition) is 2. The first-order valence-corrected chi connectivity index (χ1v) is 7.42. The average Bonchev–Trinajstić information content (AvgIpc) is 2.96. The van der Waals surface area contributed by atoms with Crippen LogP contribution in [0.1, 0.15) is 5.56 Å². The van der Waals surface area contributed by atoms with Gasteiger partial charge in [0, 0.05) is 17.6 Å². The summed E-state index contributed by atoms with van der Waals surface area (Å²) in [6.07, 6.45) is 2.93. The molecule has 2 heterocycles. The fourth-order valence-electron chi connectivity index (χ4n) is 2.29. The van der Waals surface area contributed by atoms with Gasteiger partial charge in [0.1, 0.15) is 5.75 Å². The minimum atomic E-state index is -0.644. The maximum atomic E-state index is 12.1. The molecule has 1 aromatic carbocycles. The van der Waals surface area contributed by atoms with Gasteiger partial charge >= 0.3 is 0 Å². The molecule has 0 saturated heterocycles. The lowest BCUT2D eigenvalue weighted by Gasteiger charge is -2.11. The smallest absolute Gasteiger partial charge is 0.261 e. The molecule has 1 unspecified atom stereocenters. The third-order valence-electron chi connectivity index (χ3n) is 3.36. The van der Waals surface area contributed by atoms with E-state index in [0.717, 1.165) is 5.56 Å². The zero-order chi connectivity index (χ0) is 16.2. The quantitative estimate of drug-likeness (QED) is 0.895. The maximum absolute atomic E-state index is 12.1. The maximum Gasteiger partial charge on any atom is 0.261 e. The zero-order valence-electron chi connectivity index (χ0n) is 12.1. The standard InChI is InChI=1S/C16H14ClN3O3/c17-11-3-4-13-10(6-11)7-14(23-13)16(22)19-9-15(21)20-12-2-1-5-18-8-12/h1-6,8,14H,7,9H2,(H,19,22)(H,20,21). The van der Waals surface area contributed by atoms with Crippen molar-refractivity contribution in [3.05, 3.63) is 53.3 Å². The van der Waals surface area contributed by atoms with E-state index in [2.05, 4.69) is 15.6 Å². The lowest BCUT2D eigenvalue weighted by molar-refractivity contribution is -0.129. The van der Waals surface area contributed by atoms with Crippen molar-refractivity contribution in [2.24, 2.45) is 0 Å². The molecule has 1 atom stereocenters. The number of amides is 2. The molecule has 1 aliphatic heterocycles. The summed E-state index contributed by atoms with van der Waals surface area (Å²) >= 11 is 5.92. The van der Waals surface area contributed by atoms with Crippen LogP contribution in [0.2, 0.25) is 5.02 Å². The molecule has 2 aromatic rings. The molecule has 23 heavy (non-hydrogen) atoms. The highest BCUT2D eigenvalue weighted by Crippen LogP contribution is 2.31. The monoisotopic (exact) mass is 331 g/mol. The van der Waals surface area contributed by atoms with Crippen LogP contribution in [0.3, 0.4) is 0 Å². The lowest BCUT2D eigenvalue weighted by Crippen LogP contribution is -2.41. The Bertz CT molecular complexity index is 737. The first-order valence-electron chi connectivity index (χ1n) is 7.04. The topological polar surface area (TPSA) is 80.3 Å². The Morgan fingerprint density at radius 2 is 2.22 bits per heavy atom.